The molecule has 2 aromatic heterocycles. The summed E-state index contributed by atoms with van der Waals surface area (Å²) < 4.78 is 4.88. The lowest BCUT2D eigenvalue weighted by Gasteiger charge is -2.44. The van der Waals surface area contributed by atoms with Crippen LogP contribution in [0.5, 0.6) is 0 Å². The summed E-state index contributed by atoms with van der Waals surface area (Å²) in [5.74, 6) is 4.01. The monoisotopic (exact) mass is 640 g/mol. The molecule has 0 saturated heterocycles. The number of imidazole rings is 2. The van der Waals surface area contributed by atoms with E-state index >= 15 is 0 Å². The predicted molar refractivity (Wildman–Crippen MR) is 203 cm³/mol. The maximum absolute atomic E-state index is 5.10. The van der Waals surface area contributed by atoms with Gasteiger partial charge in [0.1, 0.15) is 11.6 Å². The molecule has 49 heavy (non-hydrogen) atoms. The maximum Gasteiger partial charge on any atom is 0.111 e. The Bertz CT molecular complexity index is 2290. The van der Waals surface area contributed by atoms with Gasteiger partial charge in [0, 0.05) is 11.1 Å². The van der Waals surface area contributed by atoms with Crippen molar-refractivity contribution in [3.05, 3.63) is 155 Å². The SMILES string of the molecule is Cc1nc2c(n1C1=CC=CC3=C(C4=CC(C)C(C5C=CC=CC5)C=C4)c4cccc(-n5c(C)nc6ccccc65)c4CC13C)CC(C)C=C2. The molecule has 4 heteroatoms. The van der Waals surface area contributed by atoms with Gasteiger partial charge in [-0.25, -0.2) is 9.97 Å². The van der Waals surface area contributed by atoms with E-state index < -0.39 is 0 Å². The number of benzene rings is 2. The molecular weight excluding hydrogens is 597 g/mol. The van der Waals surface area contributed by atoms with E-state index in [2.05, 4.69) is 159 Å². The highest BCUT2D eigenvalue weighted by molar-refractivity contribution is 5.94. The molecule has 5 aliphatic carbocycles. The number of hydrogen-bond acceptors (Lipinski definition) is 2. The minimum Gasteiger partial charge on any atom is -0.303 e. The quantitative estimate of drug-likeness (QED) is 0.223. The van der Waals surface area contributed by atoms with Crippen molar-refractivity contribution in [2.24, 2.45) is 29.1 Å². The van der Waals surface area contributed by atoms with E-state index in [9.17, 15) is 0 Å². The van der Waals surface area contributed by atoms with Crippen molar-refractivity contribution in [2.45, 2.75) is 53.9 Å². The Morgan fingerprint density at radius 1 is 0.837 bits per heavy atom. The summed E-state index contributed by atoms with van der Waals surface area (Å²) in [5, 5.41) is 0. The number of rotatable bonds is 4. The second-order valence-electron chi connectivity index (χ2n) is 15.0. The summed E-state index contributed by atoms with van der Waals surface area (Å²) in [4.78, 5) is 10.1. The van der Waals surface area contributed by atoms with E-state index in [1.807, 2.05) is 0 Å². The van der Waals surface area contributed by atoms with Gasteiger partial charge >= 0.3 is 0 Å². The van der Waals surface area contributed by atoms with Crippen LogP contribution in [0.3, 0.4) is 0 Å². The third kappa shape index (κ3) is 4.64. The topological polar surface area (TPSA) is 35.6 Å². The fourth-order valence-electron chi connectivity index (χ4n) is 9.37. The molecular formula is C45H44N4. The van der Waals surface area contributed by atoms with Gasteiger partial charge in [0.2, 0.25) is 0 Å². The van der Waals surface area contributed by atoms with Gasteiger partial charge in [0.25, 0.3) is 0 Å². The first-order valence-corrected chi connectivity index (χ1v) is 18.0. The van der Waals surface area contributed by atoms with E-state index in [-0.39, 0.29) is 5.41 Å². The largest absolute Gasteiger partial charge is 0.303 e. The number of hydrogen-bond donors (Lipinski definition) is 0. The number of para-hydroxylation sites is 2. The van der Waals surface area contributed by atoms with Gasteiger partial charge in [0.15, 0.2) is 0 Å². The normalized spacial score (nSPS) is 26.9. The third-order valence-electron chi connectivity index (χ3n) is 11.7. The first kappa shape index (κ1) is 30.1. The molecule has 5 unspecified atom stereocenters. The van der Waals surface area contributed by atoms with Crippen molar-refractivity contribution in [3.63, 3.8) is 0 Å². The minimum absolute atomic E-state index is 0.285. The molecule has 4 nitrogen and oxygen atoms in total. The highest BCUT2D eigenvalue weighted by Crippen LogP contribution is 2.55. The standard InChI is InChI=1S/C45H44N4/c1-28-21-24-39-42(25-28)49(31(4)47-39)43-20-12-16-37-44(33-22-23-34(29(2)26-33)32-13-7-6-8-14-32)35-15-11-19-40(36(35)27-45(37,43)5)48-30(3)46-38-17-9-10-18-41(38)48/h6-13,15-24,26,28-29,32,34H,14,25,27H2,1-5H3. The van der Waals surface area contributed by atoms with Crippen LogP contribution < -0.4 is 0 Å². The van der Waals surface area contributed by atoms with Crippen molar-refractivity contribution in [3.8, 4) is 5.69 Å². The van der Waals surface area contributed by atoms with Crippen LogP contribution in [0, 0.1) is 42.9 Å². The van der Waals surface area contributed by atoms with Gasteiger partial charge in [-0.1, -0.05) is 98.9 Å². The molecule has 0 fully saturated rings. The molecule has 0 spiro atoms. The van der Waals surface area contributed by atoms with Gasteiger partial charge in [-0.3, -0.25) is 4.57 Å². The molecule has 244 valence electrons. The number of allylic oxidation sites excluding steroid dienone is 15. The lowest BCUT2D eigenvalue weighted by molar-refractivity contribution is 0.389. The fourth-order valence-corrected chi connectivity index (χ4v) is 9.37. The molecule has 5 aliphatic rings. The molecule has 0 aliphatic heterocycles. The van der Waals surface area contributed by atoms with Crippen LogP contribution >= 0.6 is 0 Å². The summed E-state index contributed by atoms with van der Waals surface area (Å²) in [7, 11) is 0. The highest BCUT2D eigenvalue weighted by atomic mass is 15.1. The Balaban J connectivity index is 1.27. The van der Waals surface area contributed by atoms with Gasteiger partial charge in [-0.2, -0.15) is 0 Å². The van der Waals surface area contributed by atoms with Crippen LogP contribution in [-0.2, 0) is 12.8 Å². The number of fused-ring (bicyclic) bond motifs is 4. The summed E-state index contributed by atoms with van der Waals surface area (Å²) in [6.45, 7) is 11.5. The van der Waals surface area contributed by atoms with Crippen LogP contribution in [0.25, 0.3) is 34.1 Å². The molecule has 0 amide bonds. The Morgan fingerprint density at radius 3 is 2.53 bits per heavy atom. The van der Waals surface area contributed by atoms with E-state index in [1.54, 1.807) is 0 Å². The molecule has 9 rings (SSSR count). The van der Waals surface area contributed by atoms with E-state index in [0.29, 0.717) is 23.7 Å². The average molecular weight is 641 g/mol. The Hall–Kier alpha value is -4.96. The smallest absolute Gasteiger partial charge is 0.111 e. The zero-order valence-electron chi connectivity index (χ0n) is 29.2. The molecule has 5 atom stereocenters. The van der Waals surface area contributed by atoms with Crippen LogP contribution in [0.15, 0.2) is 120 Å². The second kappa shape index (κ2) is 11.3. The van der Waals surface area contributed by atoms with Crippen LogP contribution in [0.4, 0.5) is 0 Å². The van der Waals surface area contributed by atoms with Crippen molar-refractivity contribution in [1.29, 1.82) is 0 Å². The van der Waals surface area contributed by atoms with Crippen molar-refractivity contribution < 1.29 is 0 Å². The molecule has 0 radical (unpaired) electrons. The second-order valence-corrected chi connectivity index (χ2v) is 15.0. The summed E-state index contributed by atoms with van der Waals surface area (Å²) in [5.41, 5.74) is 13.7. The molecule has 0 N–H and O–H groups in total. The van der Waals surface area contributed by atoms with E-state index in [1.165, 1.54) is 44.9 Å². The van der Waals surface area contributed by atoms with Gasteiger partial charge in [-0.05, 0) is 122 Å². The zero-order valence-corrected chi connectivity index (χ0v) is 29.2. The van der Waals surface area contributed by atoms with Crippen molar-refractivity contribution in [1.82, 2.24) is 19.1 Å². The first-order valence-electron chi connectivity index (χ1n) is 18.0. The van der Waals surface area contributed by atoms with E-state index in [4.69, 9.17) is 9.97 Å². The molecule has 2 aromatic carbocycles. The van der Waals surface area contributed by atoms with E-state index in [0.717, 1.165) is 47.6 Å². The number of aryl methyl sites for hydroxylation is 2. The minimum atomic E-state index is -0.285. The molecule has 2 heterocycles. The van der Waals surface area contributed by atoms with Crippen LogP contribution in [-0.4, -0.2) is 19.1 Å². The lowest BCUT2D eigenvalue weighted by Crippen LogP contribution is -2.34. The molecule has 0 bridgehead atoms. The first-order chi connectivity index (χ1) is 23.8. The predicted octanol–water partition coefficient (Wildman–Crippen LogP) is 10.4. The van der Waals surface area contributed by atoms with Crippen LogP contribution in [0.1, 0.15) is 61.4 Å². The average Bonchev–Trinajstić information content (AvgIpc) is 3.61. The van der Waals surface area contributed by atoms with Crippen molar-refractivity contribution in [2.75, 3.05) is 0 Å². The number of nitrogens with zero attached hydrogens (tertiary/aromatic N) is 4. The zero-order chi connectivity index (χ0) is 33.4. The lowest BCUT2D eigenvalue weighted by atomic mass is 9.63. The summed E-state index contributed by atoms with van der Waals surface area (Å²) >= 11 is 0. The Kier molecular flexibility index (Phi) is 6.95. The maximum atomic E-state index is 5.10. The van der Waals surface area contributed by atoms with Gasteiger partial charge in [0.05, 0.1) is 28.1 Å². The number of aromatic nitrogens is 4. The highest BCUT2D eigenvalue weighted by Gasteiger charge is 2.44. The molecule has 0 saturated carbocycles. The third-order valence-corrected chi connectivity index (χ3v) is 11.7. The summed E-state index contributed by atoms with van der Waals surface area (Å²) in [6.07, 6.45) is 31.1. The van der Waals surface area contributed by atoms with Gasteiger partial charge in [-0.15, -0.1) is 0 Å². The Labute approximate surface area is 290 Å². The fraction of sp³-hybridized carbons (Fsp3) is 0.289. The molecule has 4 aromatic rings. The Morgan fingerprint density at radius 2 is 1.69 bits per heavy atom. The van der Waals surface area contributed by atoms with Gasteiger partial charge < -0.3 is 4.57 Å². The van der Waals surface area contributed by atoms with Crippen molar-refractivity contribution >= 4 is 28.4 Å². The summed E-state index contributed by atoms with van der Waals surface area (Å²) in [6, 6.07) is 15.4. The van der Waals surface area contributed by atoms with Crippen LogP contribution in [0.2, 0.25) is 0 Å².